The minimum absolute atomic E-state index is 0.0188. The first-order chi connectivity index (χ1) is 14.6. The lowest BCUT2D eigenvalue weighted by atomic mass is 9.81. The van der Waals surface area contributed by atoms with E-state index < -0.39 is 5.82 Å². The van der Waals surface area contributed by atoms with E-state index >= 15 is 0 Å². The van der Waals surface area contributed by atoms with Gasteiger partial charge in [-0.2, -0.15) is 10.5 Å². The molecule has 2 aliphatic rings. The maximum atomic E-state index is 13.9. The van der Waals surface area contributed by atoms with Crippen LogP contribution in [0.2, 0.25) is 0 Å². The number of nitriles is 2. The van der Waals surface area contributed by atoms with Gasteiger partial charge in [-0.3, -0.25) is 4.79 Å². The van der Waals surface area contributed by atoms with Crippen molar-refractivity contribution in [2.75, 3.05) is 0 Å². The van der Waals surface area contributed by atoms with Crippen molar-refractivity contribution in [1.29, 1.82) is 10.5 Å². The molecule has 0 spiro atoms. The van der Waals surface area contributed by atoms with Crippen LogP contribution in [0.15, 0.2) is 42.5 Å². The van der Waals surface area contributed by atoms with E-state index in [1.807, 2.05) is 24.3 Å². The third-order valence-corrected chi connectivity index (χ3v) is 6.31. The van der Waals surface area contributed by atoms with Crippen molar-refractivity contribution in [3.63, 3.8) is 0 Å². The maximum absolute atomic E-state index is 13.9. The van der Waals surface area contributed by atoms with E-state index in [2.05, 4.69) is 6.08 Å². The molecule has 0 atom stereocenters. The van der Waals surface area contributed by atoms with Gasteiger partial charge in [-0.15, -0.1) is 0 Å². The molecule has 3 rings (SSSR count). The molecule has 0 aliphatic heterocycles. The van der Waals surface area contributed by atoms with Gasteiger partial charge in [0, 0.05) is 6.08 Å². The maximum Gasteiger partial charge on any atom is 0.309 e. The van der Waals surface area contributed by atoms with Gasteiger partial charge in [0.1, 0.15) is 18.0 Å². The highest BCUT2D eigenvalue weighted by atomic mass is 19.1. The first kappa shape index (κ1) is 21.8. The Balaban J connectivity index is 1.42. The fourth-order valence-electron chi connectivity index (χ4n) is 4.52. The summed E-state index contributed by atoms with van der Waals surface area (Å²) in [4.78, 5) is 12.6. The quantitative estimate of drug-likeness (QED) is 0.357. The molecule has 0 bridgehead atoms. The van der Waals surface area contributed by atoms with Crippen LogP contribution in [-0.4, -0.2) is 12.1 Å². The van der Waals surface area contributed by atoms with E-state index in [-0.39, 0.29) is 29.5 Å². The van der Waals surface area contributed by atoms with Crippen molar-refractivity contribution in [3.8, 4) is 12.1 Å². The highest BCUT2D eigenvalue weighted by Crippen LogP contribution is 2.36. The van der Waals surface area contributed by atoms with E-state index in [1.54, 1.807) is 12.1 Å². The molecule has 0 unspecified atom stereocenters. The van der Waals surface area contributed by atoms with Crippen LogP contribution in [0.4, 0.5) is 4.39 Å². The molecule has 0 radical (unpaired) electrons. The summed E-state index contributed by atoms with van der Waals surface area (Å²) in [5.74, 6) is 0.152. The average molecular weight is 407 g/mol. The van der Waals surface area contributed by atoms with Crippen LogP contribution in [-0.2, 0) is 9.53 Å². The van der Waals surface area contributed by atoms with Gasteiger partial charge >= 0.3 is 5.97 Å². The molecular weight excluding hydrogens is 379 g/mol. The number of hydrogen-bond acceptors (Lipinski definition) is 4. The van der Waals surface area contributed by atoms with E-state index in [9.17, 15) is 9.18 Å². The second kappa shape index (κ2) is 10.7. The lowest BCUT2D eigenvalue weighted by molar-refractivity contribution is -0.157. The Morgan fingerprint density at radius 2 is 1.77 bits per heavy atom. The molecule has 0 saturated heterocycles. The zero-order valence-corrected chi connectivity index (χ0v) is 17.1. The van der Waals surface area contributed by atoms with Crippen molar-refractivity contribution in [2.45, 2.75) is 63.4 Å². The van der Waals surface area contributed by atoms with Gasteiger partial charge in [-0.1, -0.05) is 24.3 Å². The number of rotatable bonds is 5. The molecule has 0 amide bonds. The molecule has 156 valence electrons. The summed E-state index contributed by atoms with van der Waals surface area (Å²) in [5.41, 5.74) is 0.998. The van der Waals surface area contributed by atoms with Crippen molar-refractivity contribution >= 4 is 5.97 Å². The van der Waals surface area contributed by atoms with Gasteiger partial charge in [-0.25, -0.2) is 4.39 Å². The fraction of sp³-hybridized carbons (Fsp3) is 0.480. The van der Waals surface area contributed by atoms with E-state index in [1.165, 1.54) is 12.1 Å². The number of hydrogen-bond donors (Lipinski definition) is 0. The number of esters is 1. The zero-order chi connectivity index (χ0) is 21.3. The standard InChI is InChI=1S/C25H27FN2O2/c26-24-16-21(9-10-22(24)17-28)19-11-13-23(14-12-19)30-25(29)20-7-5-18(6-8-20)4-2-1-3-15-27/h1-4,9-10,16,18-20,23H,5-8,11-14H2/t18-,19-,20-,23-. The molecule has 2 saturated carbocycles. The summed E-state index contributed by atoms with van der Waals surface area (Å²) >= 11 is 0. The number of carbonyl (C=O) groups excluding carboxylic acids is 1. The van der Waals surface area contributed by atoms with Crippen molar-refractivity contribution < 1.29 is 13.9 Å². The van der Waals surface area contributed by atoms with Crippen LogP contribution in [0, 0.1) is 40.3 Å². The van der Waals surface area contributed by atoms with Crippen molar-refractivity contribution in [1.82, 2.24) is 0 Å². The van der Waals surface area contributed by atoms with Crippen molar-refractivity contribution in [2.24, 2.45) is 11.8 Å². The van der Waals surface area contributed by atoms with Crippen LogP contribution >= 0.6 is 0 Å². The Kier molecular flexibility index (Phi) is 7.80. The molecule has 2 fully saturated rings. The molecule has 1 aromatic rings. The van der Waals surface area contributed by atoms with Gasteiger partial charge in [0.15, 0.2) is 0 Å². The minimum atomic E-state index is -0.463. The molecular formula is C25H27FN2O2. The summed E-state index contributed by atoms with van der Waals surface area (Å²) in [5, 5.41) is 17.4. The molecule has 0 aromatic heterocycles. The summed E-state index contributed by atoms with van der Waals surface area (Å²) in [6.45, 7) is 0. The van der Waals surface area contributed by atoms with Crippen LogP contribution in [0.25, 0.3) is 0 Å². The highest BCUT2D eigenvalue weighted by Gasteiger charge is 2.30. The number of halogens is 1. The topological polar surface area (TPSA) is 73.9 Å². The van der Waals surface area contributed by atoms with Crippen LogP contribution < -0.4 is 0 Å². The Hall–Kier alpha value is -2.92. The number of benzene rings is 1. The summed E-state index contributed by atoms with van der Waals surface area (Å²) in [6.07, 6.45) is 14.1. The second-order valence-corrected chi connectivity index (χ2v) is 8.25. The molecule has 0 N–H and O–H groups in total. The average Bonchev–Trinajstić information content (AvgIpc) is 2.77. The van der Waals surface area contributed by atoms with Crippen LogP contribution in [0.5, 0.6) is 0 Å². The largest absolute Gasteiger partial charge is 0.462 e. The minimum Gasteiger partial charge on any atom is -0.462 e. The van der Waals surface area contributed by atoms with Crippen LogP contribution in [0.1, 0.15) is 68.4 Å². The van der Waals surface area contributed by atoms with Crippen molar-refractivity contribution in [3.05, 3.63) is 59.4 Å². The van der Waals surface area contributed by atoms with Gasteiger partial charge in [0.2, 0.25) is 0 Å². The molecule has 4 nitrogen and oxygen atoms in total. The normalized spacial score (nSPS) is 26.9. The number of ether oxygens (including phenoxy) is 1. The Morgan fingerprint density at radius 1 is 1.03 bits per heavy atom. The van der Waals surface area contributed by atoms with E-state index in [0.29, 0.717) is 5.92 Å². The number of allylic oxidation sites excluding steroid dienone is 4. The molecule has 5 heteroatoms. The lowest BCUT2D eigenvalue weighted by Gasteiger charge is -2.31. The van der Waals surface area contributed by atoms with E-state index in [4.69, 9.17) is 15.3 Å². The first-order valence-electron chi connectivity index (χ1n) is 10.7. The highest BCUT2D eigenvalue weighted by molar-refractivity contribution is 5.72. The first-order valence-corrected chi connectivity index (χ1v) is 10.7. The summed E-state index contributed by atoms with van der Waals surface area (Å²) in [6, 6.07) is 8.67. The Labute approximate surface area is 177 Å². The van der Waals surface area contributed by atoms with Gasteiger partial charge < -0.3 is 4.74 Å². The van der Waals surface area contributed by atoms with Crippen LogP contribution in [0.3, 0.4) is 0 Å². The fourth-order valence-corrected chi connectivity index (χ4v) is 4.52. The third kappa shape index (κ3) is 5.80. The second-order valence-electron chi connectivity index (χ2n) is 8.25. The SMILES string of the molecule is N#CC=CC=C[C@H]1CC[C@H](C(=O)O[C@H]2CC[C@H](c3ccc(C#N)c(F)c3)CC2)CC1. The summed E-state index contributed by atoms with van der Waals surface area (Å²) in [7, 11) is 0. The lowest BCUT2D eigenvalue weighted by Crippen LogP contribution is -2.29. The van der Waals surface area contributed by atoms with Gasteiger partial charge in [0.05, 0.1) is 17.6 Å². The predicted molar refractivity (Wildman–Crippen MR) is 112 cm³/mol. The predicted octanol–water partition coefficient (Wildman–Crippen LogP) is 5.71. The molecule has 2 aliphatic carbocycles. The monoisotopic (exact) mass is 406 g/mol. The van der Waals surface area contributed by atoms with E-state index in [0.717, 1.165) is 56.9 Å². The smallest absolute Gasteiger partial charge is 0.309 e. The summed E-state index contributed by atoms with van der Waals surface area (Å²) < 4.78 is 19.7. The molecule has 1 aromatic carbocycles. The molecule has 0 heterocycles. The van der Waals surface area contributed by atoms with Gasteiger partial charge in [-0.05, 0) is 80.9 Å². The number of nitrogens with zero attached hydrogens (tertiary/aromatic N) is 2. The zero-order valence-electron chi connectivity index (χ0n) is 17.1. The van der Waals surface area contributed by atoms with Gasteiger partial charge in [0.25, 0.3) is 0 Å². The Morgan fingerprint density at radius 3 is 2.40 bits per heavy atom. The Bertz CT molecular complexity index is 877. The third-order valence-electron chi connectivity index (χ3n) is 6.31. The number of carbonyl (C=O) groups is 1. The molecule has 30 heavy (non-hydrogen) atoms.